The molecule has 0 radical (unpaired) electrons. The predicted molar refractivity (Wildman–Crippen MR) is 128 cm³/mol. The van der Waals surface area contributed by atoms with Crippen LogP contribution in [0.15, 0.2) is 72.9 Å². The SMILES string of the molecule is CC(Oc1ccc(-c2ccccc2)cc1)C(=O)NCc1ccnc(N2CCN(C)CC2)c1. The van der Waals surface area contributed by atoms with E-state index in [1.54, 1.807) is 6.92 Å². The Morgan fingerprint density at radius 2 is 1.69 bits per heavy atom. The van der Waals surface area contributed by atoms with Crippen LogP contribution in [0.1, 0.15) is 12.5 Å². The van der Waals surface area contributed by atoms with Crippen LogP contribution in [0.5, 0.6) is 5.75 Å². The van der Waals surface area contributed by atoms with Crippen LogP contribution in [0.3, 0.4) is 0 Å². The predicted octanol–water partition coefficient (Wildman–Crippen LogP) is 3.58. The van der Waals surface area contributed by atoms with Gasteiger partial charge < -0.3 is 19.9 Å². The largest absolute Gasteiger partial charge is 0.481 e. The summed E-state index contributed by atoms with van der Waals surface area (Å²) in [6.07, 6.45) is 1.22. The molecular weight excluding hydrogens is 400 g/mol. The first kappa shape index (κ1) is 21.8. The Hall–Kier alpha value is -3.38. The third-order valence-electron chi connectivity index (χ3n) is 5.75. The van der Waals surface area contributed by atoms with Crippen molar-refractivity contribution in [1.82, 2.24) is 15.2 Å². The fourth-order valence-electron chi connectivity index (χ4n) is 3.73. The van der Waals surface area contributed by atoms with E-state index in [9.17, 15) is 4.79 Å². The van der Waals surface area contributed by atoms with Crippen molar-refractivity contribution in [3.05, 3.63) is 78.5 Å². The number of aromatic nitrogens is 1. The minimum atomic E-state index is -0.587. The molecule has 32 heavy (non-hydrogen) atoms. The second kappa shape index (κ2) is 10.3. The number of nitrogens with one attached hydrogen (secondary N) is 1. The molecule has 0 saturated carbocycles. The molecule has 3 aromatic rings. The summed E-state index contributed by atoms with van der Waals surface area (Å²) in [5.74, 6) is 1.50. The van der Waals surface area contributed by atoms with Gasteiger partial charge in [-0.3, -0.25) is 4.79 Å². The summed E-state index contributed by atoms with van der Waals surface area (Å²) in [6, 6.07) is 22.0. The van der Waals surface area contributed by atoms with Crippen molar-refractivity contribution in [2.24, 2.45) is 0 Å². The van der Waals surface area contributed by atoms with E-state index in [0.717, 1.165) is 48.7 Å². The van der Waals surface area contributed by atoms with Crippen molar-refractivity contribution >= 4 is 11.7 Å². The zero-order valence-corrected chi connectivity index (χ0v) is 18.7. The van der Waals surface area contributed by atoms with Crippen LogP contribution in [0, 0.1) is 0 Å². The molecule has 1 amide bonds. The maximum absolute atomic E-state index is 12.6. The monoisotopic (exact) mass is 430 g/mol. The lowest BCUT2D eigenvalue weighted by molar-refractivity contribution is -0.127. The van der Waals surface area contributed by atoms with E-state index in [4.69, 9.17) is 4.74 Å². The average molecular weight is 431 g/mol. The number of hydrogen-bond acceptors (Lipinski definition) is 5. The summed E-state index contributed by atoms with van der Waals surface area (Å²) in [5.41, 5.74) is 3.30. The van der Waals surface area contributed by atoms with Gasteiger partial charge in [-0.25, -0.2) is 4.98 Å². The van der Waals surface area contributed by atoms with Gasteiger partial charge >= 0.3 is 0 Å². The van der Waals surface area contributed by atoms with Crippen LogP contribution < -0.4 is 15.0 Å². The van der Waals surface area contributed by atoms with E-state index < -0.39 is 6.10 Å². The molecule has 1 unspecified atom stereocenters. The maximum Gasteiger partial charge on any atom is 0.261 e. The minimum Gasteiger partial charge on any atom is -0.481 e. The van der Waals surface area contributed by atoms with Gasteiger partial charge in [0.15, 0.2) is 6.10 Å². The minimum absolute atomic E-state index is 0.143. The van der Waals surface area contributed by atoms with Crippen LogP contribution >= 0.6 is 0 Å². The number of ether oxygens (including phenoxy) is 1. The van der Waals surface area contributed by atoms with Crippen LogP contribution in [-0.4, -0.2) is 55.1 Å². The van der Waals surface area contributed by atoms with Gasteiger partial charge in [0.25, 0.3) is 5.91 Å². The molecule has 0 aliphatic carbocycles. The van der Waals surface area contributed by atoms with E-state index in [1.165, 1.54) is 0 Å². The fraction of sp³-hybridized carbons (Fsp3) is 0.308. The average Bonchev–Trinajstić information content (AvgIpc) is 2.84. The van der Waals surface area contributed by atoms with Crippen molar-refractivity contribution in [2.45, 2.75) is 19.6 Å². The Kier molecular flexibility index (Phi) is 7.02. The van der Waals surface area contributed by atoms with Crippen LogP contribution in [0.25, 0.3) is 11.1 Å². The molecule has 1 aromatic heterocycles. The molecule has 2 aromatic carbocycles. The lowest BCUT2D eigenvalue weighted by atomic mass is 10.1. The third-order valence-corrected chi connectivity index (χ3v) is 5.75. The highest BCUT2D eigenvalue weighted by atomic mass is 16.5. The summed E-state index contributed by atoms with van der Waals surface area (Å²) >= 11 is 0. The number of benzene rings is 2. The number of pyridine rings is 1. The molecule has 1 N–H and O–H groups in total. The van der Waals surface area contributed by atoms with Crippen molar-refractivity contribution in [3.8, 4) is 16.9 Å². The van der Waals surface area contributed by atoms with Crippen LogP contribution in [0.2, 0.25) is 0 Å². The van der Waals surface area contributed by atoms with E-state index >= 15 is 0 Å². The molecule has 1 fully saturated rings. The maximum atomic E-state index is 12.6. The smallest absolute Gasteiger partial charge is 0.261 e. The number of amides is 1. The highest BCUT2D eigenvalue weighted by molar-refractivity contribution is 5.80. The van der Waals surface area contributed by atoms with Crippen molar-refractivity contribution < 1.29 is 9.53 Å². The number of hydrogen-bond donors (Lipinski definition) is 1. The standard InChI is InChI=1S/C26H30N4O2/c1-20(32-24-10-8-23(9-11-24)22-6-4-3-5-7-22)26(31)28-19-21-12-13-27-25(18-21)30-16-14-29(2)15-17-30/h3-13,18,20H,14-17,19H2,1-2H3,(H,28,31). The van der Waals surface area contributed by atoms with Crippen molar-refractivity contribution in [3.63, 3.8) is 0 Å². The Balaban J connectivity index is 1.29. The number of nitrogens with zero attached hydrogens (tertiary/aromatic N) is 3. The molecule has 166 valence electrons. The Labute approximate surface area is 189 Å². The number of carbonyl (C=O) groups excluding carboxylic acids is 1. The fourth-order valence-corrected chi connectivity index (χ4v) is 3.73. The molecule has 0 bridgehead atoms. The van der Waals surface area contributed by atoms with Crippen molar-refractivity contribution in [1.29, 1.82) is 0 Å². The zero-order chi connectivity index (χ0) is 22.3. The highest BCUT2D eigenvalue weighted by Crippen LogP contribution is 2.22. The van der Waals surface area contributed by atoms with Gasteiger partial charge in [0.1, 0.15) is 11.6 Å². The molecule has 1 aliphatic rings. The molecule has 6 heteroatoms. The van der Waals surface area contributed by atoms with Gasteiger partial charge in [-0.15, -0.1) is 0 Å². The number of likely N-dealkylation sites (N-methyl/N-ethyl adjacent to an activating group) is 1. The summed E-state index contributed by atoms with van der Waals surface area (Å²) in [7, 11) is 2.14. The zero-order valence-electron chi connectivity index (χ0n) is 18.7. The van der Waals surface area contributed by atoms with Gasteiger partial charge in [0.2, 0.25) is 0 Å². The third kappa shape index (κ3) is 5.65. The number of carbonyl (C=O) groups is 1. The molecular formula is C26H30N4O2. The Morgan fingerprint density at radius 3 is 2.41 bits per heavy atom. The van der Waals surface area contributed by atoms with E-state index in [-0.39, 0.29) is 5.91 Å². The highest BCUT2D eigenvalue weighted by Gasteiger charge is 2.17. The lowest BCUT2D eigenvalue weighted by Crippen LogP contribution is -2.44. The first-order valence-electron chi connectivity index (χ1n) is 11.1. The van der Waals surface area contributed by atoms with E-state index in [1.807, 2.05) is 54.7 Å². The van der Waals surface area contributed by atoms with E-state index in [2.05, 4.69) is 45.3 Å². The van der Waals surface area contributed by atoms with E-state index in [0.29, 0.717) is 12.3 Å². The Morgan fingerprint density at radius 1 is 1.00 bits per heavy atom. The molecule has 2 heterocycles. The number of piperazine rings is 1. The second-order valence-corrected chi connectivity index (χ2v) is 8.18. The van der Waals surface area contributed by atoms with Gasteiger partial charge in [-0.1, -0.05) is 42.5 Å². The molecule has 6 nitrogen and oxygen atoms in total. The molecule has 1 atom stereocenters. The number of rotatable bonds is 7. The van der Waals surface area contributed by atoms with Crippen LogP contribution in [-0.2, 0) is 11.3 Å². The molecule has 4 rings (SSSR count). The Bertz CT molecular complexity index is 1020. The quantitative estimate of drug-likeness (QED) is 0.621. The number of anilines is 1. The summed E-state index contributed by atoms with van der Waals surface area (Å²) in [6.45, 7) is 6.21. The second-order valence-electron chi connectivity index (χ2n) is 8.18. The summed E-state index contributed by atoms with van der Waals surface area (Å²) < 4.78 is 5.85. The van der Waals surface area contributed by atoms with Gasteiger partial charge in [-0.05, 0) is 54.9 Å². The van der Waals surface area contributed by atoms with Crippen molar-refractivity contribution in [2.75, 3.05) is 38.1 Å². The lowest BCUT2D eigenvalue weighted by Gasteiger charge is -2.33. The summed E-state index contributed by atoms with van der Waals surface area (Å²) in [4.78, 5) is 21.7. The van der Waals surface area contributed by atoms with Gasteiger partial charge in [-0.2, -0.15) is 0 Å². The van der Waals surface area contributed by atoms with Gasteiger partial charge in [0.05, 0.1) is 0 Å². The molecule has 1 saturated heterocycles. The first-order chi connectivity index (χ1) is 15.6. The summed E-state index contributed by atoms with van der Waals surface area (Å²) in [5, 5.41) is 2.97. The van der Waals surface area contributed by atoms with Crippen LogP contribution in [0.4, 0.5) is 5.82 Å². The topological polar surface area (TPSA) is 57.7 Å². The van der Waals surface area contributed by atoms with Gasteiger partial charge in [0, 0.05) is 38.9 Å². The molecule has 1 aliphatic heterocycles. The molecule has 0 spiro atoms. The first-order valence-corrected chi connectivity index (χ1v) is 11.1. The normalized spacial score (nSPS) is 15.2.